The Bertz CT molecular complexity index is 938. The number of nitro benzene ring substituents is 1. The molecule has 0 unspecified atom stereocenters. The maximum Gasteiger partial charge on any atom is 0.293 e. The number of hydrogen-bond donors (Lipinski definition) is 2. The number of carbonyl (C=O) groups is 1. The van der Waals surface area contributed by atoms with Gasteiger partial charge in [0.2, 0.25) is 0 Å². The van der Waals surface area contributed by atoms with Gasteiger partial charge in [0, 0.05) is 30.4 Å². The lowest BCUT2D eigenvalue weighted by atomic mass is 10.0. The van der Waals surface area contributed by atoms with Crippen LogP contribution in [0.5, 0.6) is 0 Å². The van der Waals surface area contributed by atoms with Crippen molar-refractivity contribution in [3.63, 3.8) is 0 Å². The Kier molecular flexibility index (Phi) is 6.99. The lowest BCUT2D eigenvalue weighted by Gasteiger charge is -2.28. The summed E-state index contributed by atoms with van der Waals surface area (Å²) in [6, 6.07) is 12.4. The van der Waals surface area contributed by atoms with E-state index in [1.165, 1.54) is 11.6 Å². The van der Waals surface area contributed by atoms with Crippen LogP contribution in [0.3, 0.4) is 0 Å². The predicted octanol–water partition coefficient (Wildman–Crippen LogP) is 4.84. The third-order valence-electron chi connectivity index (χ3n) is 5.19. The first-order valence-corrected chi connectivity index (χ1v) is 10.5. The van der Waals surface area contributed by atoms with Crippen LogP contribution in [0.4, 0.5) is 17.1 Å². The molecule has 0 atom stereocenters. The summed E-state index contributed by atoms with van der Waals surface area (Å²) in [4.78, 5) is 25.7. The maximum absolute atomic E-state index is 12.6. The second-order valence-corrected chi connectivity index (χ2v) is 8.10. The van der Waals surface area contributed by atoms with Crippen LogP contribution in [0.1, 0.15) is 54.9 Å². The van der Waals surface area contributed by atoms with Crippen LogP contribution in [0.15, 0.2) is 42.5 Å². The van der Waals surface area contributed by atoms with E-state index in [0.717, 1.165) is 38.0 Å². The highest BCUT2D eigenvalue weighted by atomic mass is 32.1. The van der Waals surface area contributed by atoms with E-state index in [2.05, 4.69) is 24.5 Å². The summed E-state index contributed by atoms with van der Waals surface area (Å²) >= 11 is 5.22. The van der Waals surface area contributed by atoms with Crippen molar-refractivity contribution >= 4 is 40.3 Å². The number of piperidine rings is 1. The van der Waals surface area contributed by atoms with Crippen molar-refractivity contribution in [2.24, 2.45) is 0 Å². The van der Waals surface area contributed by atoms with Crippen molar-refractivity contribution in [1.29, 1.82) is 0 Å². The summed E-state index contributed by atoms with van der Waals surface area (Å²) in [7, 11) is 0. The van der Waals surface area contributed by atoms with Gasteiger partial charge in [0.15, 0.2) is 5.11 Å². The number of thiocarbonyl (C=S) groups is 1. The van der Waals surface area contributed by atoms with Gasteiger partial charge < -0.3 is 10.2 Å². The summed E-state index contributed by atoms with van der Waals surface area (Å²) in [5, 5.41) is 17.3. The van der Waals surface area contributed by atoms with Gasteiger partial charge in [-0.3, -0.25) is 20.2 Å². The van der Waals surface area contributed by atoms with Gasteiger partial charge in [-0.05, 0) is 67.2 Å². The predicted molar refractivity (Wildman–Crippen MR) is 123 cm³/mol. The monoisotopic (exact) mass is 426 g/mol. The Hall–Kier alpha value is -3.00. The number of rotatable bonds is 5. The van der Waals surface area contributed by atoms with E-state index in [1.807, 2.05) is 29.2 Å². The zero-order chi connectivity index (χ0) is 21.7. The van der Waals surface area contributed by atoms with Crippen LogP contribution in [0.2, 0.25) is 0 Å². The van der Waals surface area contributed by atoms with Crippen LogP contribution in [-0.2, 0) is 0 Å². The van der Waals surface area contributed by atoms with Crippen molar-refractivity contribution in [1.82, 2.24) is 5.32 Å². The Balaban J connectivity index is 1.69. The molecular weight excluding hydrogens is 400 g/mol. The number of nitro groups is 1. The molecule has 7 nitrogen and oxygen atoms in total. The fourth-order valence-electron chi connectivity index (χ4n) is 3.50. The number of nitrogens with zero attached hydrogens (tertiary/aromatic N) is 2. The van der Waals surface area contributed by atoms with Crippen molar-refractivity contribution in [3.8, 4) is 0 Å². The molecule has 1 saturated heterocycles. The highest BCUT2D eigenvalue weighted by Gasteiger charge is 2.23. The van der Waals surface area contributed by atoms with E-state index in [1.54, 1.807) is 12.1 Å². The molecule has 0 aromatic heterocycles. The fraction of sp³-hybridized carbons (Fsp3) is 0.364. The molecule has 1 aliphatic heterocycles. The number of benzene rings is 2. The van der Waals surface area contributed by atoms with E-state index >= 15 is 0 Å². The van der Waals surface area contributed by atoms with Gasteiger partial charge in [0.1, 0.15) is 5.69 Å². The zero-order valence-electron chi connectivity index (χ0n) is 17.2. The molecule has 0 saturated carbocycles. The standard InChI is InChI=1S/C22H26N4O3S/c1-15(2)16-6-9-18(10-7-16)23-22(30)24-21(27)17-8-11-19(20(14-17)26(28)29)25-12-4-3-5-13-25/h6-11,14-15H,3-5,12-13H2,1-2H3,(H2,23,24,27,30). The van der Waals surface area contributed by atoms with E-state index in [0.29, 0.717) is 11.6 Å². The van der Waals surface area contributed by atoms with E-state index in [9.17, 15) is 14.9 Å². The van der Waals surface area contributed by atoms with E-state index < -0.39 is 10.8 Å². The quantitative estimate of drug-likeness (QED) is 0.404. The lowest BCUT2D eigenvalue weighted by molar-refractivity contribution is -0.384. The summed E-state index contributed by atoms with van der Waals surface area (Å²) in [5.74, 6) is -0.0611. The Morgan fingerprint density at radius 3 is 2.37 bits per heavy atom. The smallest absolute Gasteiger partial charge is 0.293 e. The number of nitrogens with one attached hydrogen (secondary N) is 2. The van der Waals surface area contributed by atoms with Crippen molar-refractivity contribution in [2.75, 3.05) is 23.3 Å². The summed E-state index contributed by atoms with van der Waals surface area (Å²) < 4.78 is 0. The molecule has 0 aliphatic carbocycles. The third-order valence-corrected chi connectivity index (χ3v) is 5.40. The fourth-order valence-corrected chi connectivity index (χ4v) is 3.71. The SMILES string of the molecule is CC(C)c1ccc(NC(=S)NC(=O)c2ccc(N3CCCCC3)c([N+](=O)[O-])c2)cc1. The van der Waals surface area contributed by atoms with Gasteiger partial charge in [0.25, 0.3) is 11.6 Å². The van der Waals surface area contributed by atoms with Crippen molar-refractivity contribution in [3.05, 3.63) is 63.7 Å². The van der Waals surface area contributed by atoms with Gasteiger partial charge in [-0.15, -0.1) is 0 Å². The second-order valence-electron chi connectivity index (χ2n) is 7.69. The molecule has 8 heteroatoms. The van der Waals surface area contributed by atoms with Gasteiger partial charge >= 0.3 is 0 Å². The number of hydrogen-bond acceptors (Lipinski definition) is 5. The van der Waals surface area contributed by atoms with Gasteiger partial charge in [-0.2, -0.15) is 0 Å². The van der Waals surface area contributed by atoms with Crippen LogP contribution >= 0.6 is 12.2 Å². The third kappa shape index (κ3) is 5.33. The van der Waals surface area contributed by atoms with Crippen LogP contribution in [0, 0.1) is 10.1 Å². The Morgan fingerprint density at radius 2 is 1.77 bits per heavy atom. The molecule has 1 fully saturated rings. The summed E-state index contributed by atoms with van der Waals surface area (Å²) in [6.45, 7) is 5.80. The molecule has 2 aromatic carbocycles. The van der Waals surface area contributed by atoms with Gasteiger partial charge in [-0.25, -0.2) is 0 Å². The van der Waals surface area contributed by atoms with E-state index in [4.69, 9.17) is 12.2 Å². The molecule has 1 heterocycles. The maximum atomic E-state index is 12.6. The largest absolute Gasteiger partial charge is 0.366 e. The lowest BCUT2D eigenvalue weighted by Crippen LogP contribution is -2.34. The minimum Gasteiger partial charge on any atom is -0.366 e. The van der Waals surface area contributed by atoms with Crippen LogP contribution in [-0.4, -0.2) is 29.0 Å². The topological polar surface area (TPSA) is 87.5 Å². The molecule has 2 aromatic rings. The average molecular weight is 427 g/mol. The molecule has 30 heavy (non-hydrogen) atoms. The first kappa shape index (κ1) is 21.7. The minimum absolute atomic E-state index is 0.0623. The van der Waals surface area contributed by atoms with Crippen LogP contribution < -0.4 is 15.5 Å². The first-order valence-electron chi connectivity index (χ1n) is 10.1. The zero-order valence-corrected chi connectivity index (χ0v) is 18.0. The van der Waals surface area contributed by atoms with Crippen molar-refractivity contribution in [2.45, 2.75) is 39.0 Å². The molecule has 2 N–H and O–H groups in total. The first-order chi connectivity index (χ1) is 14.3. The van der Waals surface area contributed by atoms with Gasteiger partial charge in [0.05, 0.1) is 4.92 Å². The molecule has 0 radical (unpaired) electrons. The van der Waals surface area contributed by atoms with E-state index in [-0.39, 0.29) is 16.4 Å². The van der Waals surface area contributed by atoms with Crippen LogP contribution in [0.25, 0.3) is 0 Å². The molecule has 0 bridgehead atoms. The number of anilines is 2. The summed E-state index contributed by atoms with van der Waals surface area (Å²) in [5.41, 5.74) is 2.66. The normalized spacial score (nSPS) is 13.8. The molecule has 3 rings (SSSR count). The molecule has 158 valence electrons. The Labute approximate surface area is 181 Å². The van der Waals surface area contributed by atoms with Crippen molar-refractivity contribution < 1.29 is 9.72 Å². The second kappa shape index (κ2) is 9.67. The summed E-state index contributed by atoms with van der Waals surface area (Å²) in [6.07, 6.45) is 3.16. The molecule has 1 aliphatic rings. The molecule has 1 amide bonds. The average Bonchev–Trinajstić information content (AvgIpc) is 2.74. The molecular formula is C22H26N4O3S. The minimum atomic E-state index is -0.486. The highest BCUT2D eigenvalue weighted by molar-refractivity contribution is 7.80. The Morgan fingerprint density at radius 1 is 1.10 bits per heavy atom. The highest BCUT2D eigenvalue weighted by Crippen LogP contribution is 2.31. The number of amides is 1. The van der Waals surface area contributed by atoms with Gasteiger partial charge in [-0.1, -0.05) is 26.0 Å². The number of carbonyl (C=O) groups excluding carboxylic acids is 1. The molecule has 0 spiro atoms.